The molecule has 0 spiro atoms. The molecule has 0 bridgehead atoms. The molecule has 0 saturated carbocycles. The summed E-state index contributed by atoms with van der Waals surface area (Å²) in [6, 6.07) is 9.62. The average Bonchev–Trinajstić information content (AvgIpc) is 3.31. The molecule has 2 aromatic carbocycles. The van der Waals surface area contributed by atoms with Crippen molar-refractivity contribution in [2.75, 3.05) is 25.4 Å². The lowest BCUT2D eigenvalue weighted by atomic mass is 9.86. The number of nitrogens with zero attached hydrogens (tertiary/aromatic N) is 4. The zero-order chi connectivity index (χ0) is 26.8. The van der Waals surface area contributed by atoms with Gasteiger partial charge in [-0.1, -0.05) is 24.8 Å². The number of nitrogen functional groups attached to an aromatic ring is 1. The van der Waals surface area contributed by atoms with E-state index in [4.69, 9.17) is 5.73 Å². The second kappa shape index (κ2) is 10.6. The number of aliphatic imine (C=N–C) groups is 1. The van der Waals surface area contributed by atoms with E-state index in [1.807, 2.05) is 0 Å². The molecule has 1 aromatic heterocycles. The normalized spacial score (nSPS) is 18.9. The van der Waals surface area contributed by atoms with Crippen molar-refractivity contribution in [3.63, 3.8) is 0 Å². The van der Waals surface area contributed by atoms with E-state index in [9.17, 15) is 14.0 Å². The molecule has 38 heavy (non-hydrogen) atoms. The lowest BCUT2D eigenvalue weighted by Crippen LogP contribution is -2.27. The minimum Gasteiger partial charge on any atom is -0.383 e. The Morgan fingerprint density at radius 2 is 1.92 bits per heavy atom. The quantitative estimate of drug-likeness (QED) is 0.389. The largest absolute Gasteiger partial charge is 0.383 e. The van der Waals surface area contributed by atoms with Gasteiger partial charge in [-0.25, -0.2) is 18.7 Å². The fourth-order valence-corrected chi connectivity index (χ4v) is 5.37. The number of carbonyl (C=O) groups is 2. The van der Waals surface area contributed by atoms with Gasteiger partial charge in [-0.2, -0.15) is 0 Å². The van der Waals surface area contributed by atoms with Crippen molar-refractivity contribution in [3.8, 4) is 0 Å². The Morgan fingerprint density at radius 3 is 2.68 bits per heavy atom. The van der Waals surface area contributed by atoms with Crippen LogP contribution in [0.15, 0.2) is 66.4 Å². The number of nitrogens with two attached hydrogens (primary N) is 1. The highest BCUT2D eigenvalue weighted by Gasteiger charge is 2.32. The number of anilines is 1. The third-order valence-electron chi connectivity index (χ3n) is 7.27. The van der Waals surface area contributed by atoms with Crippen LogP contribution in [-0.4, -0.2) is 51.9 Å². The van der Waals surface area contributed by atoms with Crippen molar-refractivity contribution in [1.29, 1.82) is 0 Å². The van der Waals surface area contributed by atoms with Gasteiger partial charge in [0.2, 0.25) is 5.91 Å². The Bertz CT molecular complexity index is 1450. The zero-order valence-corrected chi connectivity index (χ0v) is 20.7. The molecule has 2 N–H and O–H groups in total. The Labute approximate surface area is 219 Å². The van der Waals surface area contributed by atoms with Crippen LogP contribution in [0.3, 0.4) is 0 Å². The molecular formula is C29H27F2N5O2. The van der Waals surface area contributed by atoms with E-state index in [0.717, 1.165) is 18.9 Å². The molecule has 0 radical (unpaired) electrons. The second-order valence-corrected chi connectivity index (χ2v) is 9.62. The number of amides is 1. The fourth-order valence-electron chi connectivity index (χ4n) is 5.37. The smallest absolute Gasteiger partial charge is 0.245 e. The summed E-state index contributed by atoms with van der Waals surface area (Å²) in [5, 5.41) is 0. The first-order chi connectivity index (χ1) is 18.4. The number of carbonyl (C=O) groups excluding carboxylic acids is 2. The minimum atomic E-state index is -0.673. The topological polar surface area (TPSA) is 102 Å². The molecule has 5 rings (SSSR count). The Morgan fingerprint density at radius 1 is 1.11 bits per heavy atom. The Hall–Kier alpha value is -4.27. The second-order valence-electron chi connectivity index (χ2n) is 9.62. The number of fused-ring (bicyclic) bond motifs is 1. The molecule has 2 unspecified atom stereocenters. The van der Waals surface area contributed by atoms with Gasteiger partial charge < -0.3 is 10.6 Å². The molecule has 3 aromatic rings. The third-order valence-corrected chi connectivity index (χ3v) is 7.27. The summed E-state index contributed by atoms with van der Waals surface area (Å²) in [5.41, 5.74) is 7.88. The summed E-state index contributed by atoms with van der Waals surface area (Å²) in [4.78, 5) is 40.0. The lowest BCUT2D eigenvalue weighted by Gasteiger charge is -2.21. The number of hydrogen-bond donors (Lipinski definition) is 1. The zero-order valence-electron chi connectivity index (χ0n) is 20.7. The number of likely N-dealkylation sites (tertiary alicyclic amines) is 1. The number of halogens is 2. The summed E-state index contributed by atoms with van der Waals surface area (Å²) in [6.07, 6.45) is 5.09. The van der Waals surface area contributed by atoms with Gasteiger partial charge >= 0.3 is 0 Å². The van der Waals surface area contributed by atoms with Gasteiger partial charge in [-0.05, 0) is 55.5 Å². The van der Waals surface area contributed by atoms with E-state index < -0.39 is 17.4 Å². The minimum absolute atomic E-state index is 0.00491. The van der Waals surface area contributed by atoms with Crippen LogP contribution in [0.25, 0.3) is 0 Å². The predicted octanol–water partition coefficient (Wildman–Crippen LogP) is 4.32. The fraction of sp³-hybridized carbons (Fsp3) is 0.276. The number of hydrogen-bond acceptors (Lipinski definition) is 6. The van der Waals surface area contributed by atoms with Crippen LogP contribution in [0.1, 0.15) is 57.9 Å². The molecule has 2 atom stereocenters. The number of rotatable bonds is 6. The van der Waals surface area contributed by atoms with Crippen LogP contribution in [-0.2, 0) is 4.79 Å². The molecule has 3 heterocycles. The summed E-state index contributed by atoms with van der Waals surface area (Å²) in [6.45, 7) is 5.33. The van der Waals surface area contributed by atoms with Crippen LogP contribution in [0.5, 0.6) is 0 Å². The molecule has 1 amide bonds. The van der Waals surface area contributed by atoms with Crippen molar-refractivity contribution in [1.82, 2.24) is 14.9 Å². The highest BCUT2D eigenvalue weighted by molar-refractivity contribution is 6.17. The van der Waals surface area contributed by atoms with Crippen molar-refractivity contribution in [3.05, 3.63) is 101 Å². The van der Waals surface area contributed by atoms with E-state index in [1.165, 1.54) is 42.7 Å². The van der Waals surface area contributed by atoms with Crippen molar-refractivity contribution < 1.29 is 18.4 Å². The third kappa shape index (κ3) is 4.83. The number of benzene rings is 2. The van der Waals surface area contributed by atoms with Crippen LogP contribution in [0, 0.1) is 17.6 Å². The average molecular weight is 516 g/mol. The Balaban J connectivity index is 1.44. The highest BCUT2D eigenvalue weighted by Crippen LogP contribution is 2.36. The van der Waals surface area contributed by atoms with E-state index in [0.29, 0.717) is 43.0 Å². The van der Waals surface area contributed by atoms with E-state index in [-0.39, 0.29) is 40.3 Å². The summed E-state index contributed by atoms with van der Waals surface area (Å²) in [7, 11) is 0. The molecule has 9 heteroatoms. The van der Waals surface area contributed by atoms with Crippen LogP contribution in [0.2, 0.25) is 0 Å². The van der Waals surface area contributed by atoms with Gasteiger partial charge in [-0.15, -0.1) is 0 Å². The summed E-state index contributed by atoms with van der Waals surface area (Å²) >= 11 is 0. The van der Waals surface area contributed by atoms with Crippen molar-refractivity contribution in [2.45, 2.75) is 25.2 Å². The molecule has 2 aliphatic rings. The number of aromatic nitrogens is 2. The van der Waals surface area contributed by atoms with E-state index in [1.54, 1.807) is 11.0 Å². The molecule has 194 valence electrons. The van der Waals surface area contributed by atoms with E-state index in [2.05, 4.69) is 21.5 Å². The van der Waals surface area contributed by atoms with E-state index >= 15 is 4.39 Å². The van der Waals surface area contributed by atoms with Gasteiger partial charge in [0.15, 0.2) is 5.78 Å². The van der Waals surface area contributed by atoms with Gasteiger partial charge in [0.25, 0.3) is 0 Å². The first kappa shape index (κ1) is 25.4. The SMILES string of the molecule is C=CC(=O)N1CCC(CC2CCN=C(c3ccc(C(=O)c4ccccc4F)cc3F)c3c(N)ncnc32)C1. The monoisotopic (exact) mass is 515 g/mol. The molecule has 1 fully saturated rings. The Kier molecular flexibility index (Phi) is 7.09. The van der Waals surface area contributed by atoms with Crippen LogP contribution in [0.4, 0.5) is 14.6 Å². The van der Waals surface area contributed by atoms with Crippen molar-refractivity contribution in [2.24, 2.45) is 10.9 Å². The summed E-state index contributed by atoms with van der Waals surface area (Å²) in [5.74, 6) is -1.53. The molecular weight excluding hydrogens is 488 g/mol. The molecule has 7 nitrogen and oxygen atoms in total. The maximum Gasteiger partial charge on any atom is 0.245 e. The maximum absolute atomic E-state index is 15.5. The van der Waals surface area contributed by atoms with Gasteiger partial charge in [0.1, 0.15) is 23.8 Å². The lowest BCUT2D eigenvalue weighted by molar-refractivity contribution is -0.125. The van der Waals surface area contributed by atoms with Gasteiger partial charge in [0.05, 0.1) is 22.5 Å². The first-order valence-corrected chi connectivity index (χ1v) is 12.5. The van der Waals surface area contributed by atoms with Crippen molar-refractivity contribution >= 4 is 23.2 Å². The standard InChI is InChI=1S/C29H27F2N5O2/c1-2-24(37)36-12-10-17(15-36)13-18-9-11-33-27(25-26(18)34-16-35-29(25)32)20-8-7-19(14-23(20)31)28(38)21-5-3-4-6-22(21)30/h2-8,14,16-18H,1,9-13,15H2,(H2,32,34,35). The first-order valence-electron chi connectivity index (χ1n) is 12.5. The molecule has 1 saturated heterocycles. The molecule has 0 aliphatic carbocycles. The summed E-state index contributed by atoms with van der Waals surface area (Å²) < 4.78 is 29.6. The highest BCUT2D eigenvalue weighted by atomic mass is 19.1. The van der Waals surface area contributed by atoms with Crippen LogP contribution >= 0.6 is 0 Å². The van der Waals surface area contributed by atoms with Gasteiger partial charge in [-0.3, -0.25) is 14.6 Å². The maximum atomic E-state index is 15.5. The van der Waals surface area contributed by atoms with Gasteiger partial charge in [0, 0.05) is 36.7 Å². The number of ketones is 1. The van der Waals surface area contributed by atoms with Crippen LogP contribution < -0.4 is 5.73 Å². The molecule has 2 aliphatic heterocycles. The predicted molar refractivity (Wildman–Crippen MR) is 140 cm³/mol.